The molecule has 1 rings (SSSR count). The number of nitrogens with two attached hydrogens (primary N) is 1. The summed E-state index contributed by atoms with van der Waals surface area (Å²) < 4.78 is 24.2. The van der Waals surface area contributed by atoms with Gasteiger partial charge in [-0.3, -0.25) is 0 Å². The van der Waals surface area contributed by atoms with E-state index in [0.717, 1.165) is 32.1 Å². The van der Waals surface area contributed by atoms with E-state index in [9.17, 15) is 8.42 Å². The third-order valence-electron chi connectivity index (χ3n) is 2.76. The lowest BCUT2D eigenvalue weighted by atomic mass is 9.86. The van der Waals surface area contributed by atoms with E-state index in [1.165, 1.54) is 0 Å². The zero-order valence-electron chi connectivity index (χ0n) is 8.70. The number of hydrogen-bond acceptors (Lipinski definition) is 3. The largest absolute Gasteiger partial charge is 0.275 e. The van der Waals surface area contributed by atoms with Crippen molar-refractivity contribution in [3.63, 3.8) is 0 Å². The average molecular weight is 231 g/mol. The SMILES string of the molecule is N#CC1(NS(N)(=O)=O)CCCCCCC1. The van der Waals surface area contributed by atoms with Crippen molar-refractivity contribution >= 4 is 10.2 Å². The normalized spacial score (nSPS) is 22.4. The average Bonchev–Trinajstić information content (AvgIpc) is 2.08. The lowest BCUT2D eigenvalue weighted by molar-refractivity contribution is 0.357. The fourth-order valence-electron chi connectivity index (χ4n) is 2.02. The Labute approximate surface area is 90.8 Å². The van der Waals surface area contributed by atoms with Crippen LogP contribution in [0.5, 0.6) is 0 Å². The lowest BCUT2D eigenvalue weighted by Crippen LogP contribution is -2.50. The van der Waals surface area contributed by atoms with Crippen molar-refractivity contribution in [2.45, 2.75) is 50.5 Å². The summed E-state index contributed by atoms with van der Waals surface area (Å²) in [5, 5.41) is 14.0. The van der Waals surface area contributed by atoms with E-state index in [1.54, 1.807) is 0 Å². The Morgan fingerprint density at radius 2 is 1.60 bits per heavy atom. The second-order valence-electron chi connectivity index (χ2n) is 4.11. The van der Waals surface area contributed by atoms with Gasteiger partial charge < -0.3 is 0 Å². The first-order chi connectivity index (χ1) is 6.97. The van der Waals surface area contributed by atoms with E-state index in [2.05, 4.69) is 10.8 Å². The van der Waals surface area contributed by atoms with Gasteiger partial charge in [-0.05, 0) is 12.8 Å². The number of hydrogen-bond donors (Lipinski definition) is 2. The van der Waals surface area contributed by atoms with Crippen LogP contribution in [-0.4, -0.2) is 14.0 Å². The summed E-state index contributed by atoms with van der Waals surface area (Å²) in [7, 11) is -3.79. The minimum atomic E-state index is -3.79. The molecule has 0 spiro atoms. The summed E-state index contributed by atoms with van der Waals surface area (Å²) in [6.07, 6.45) is 6.12. The molecule has 86 valence electrons. The van der Waals surface area contributed by atoms with E-state index < -0.39 is 15.7 Å². The van der Waals surface area contributed by atoms with E-state index in [-0.39, 0.29) is 0 Å². The van der Waals surface area contributed by atoms with Gasteiger partial charge in [0, 0.05) is 0 Å². The zero-order valence-corrected chi connectivity index (χ0v) is 9.52. The number of nitrogens with one attached hydrogen (secondary N) is 1. The molecule has 0 heterocycles. The molecule has 0 unspecified atom stereocenters. The molecule has 1 saturated carbocycles. The van der Waals surface area contributed by atoms with Crippen LogP contribution in [0.2, 0.25) is 0 Å². The van der Waals surface area contributed by atoms with Crippen molar-refractivity contribution in [3.05, 3.63) is 0 Å². The summed E-state index contributed by atoms with van der Waals surface area (Å²) in [5.41, 5.74) is -0.978. The number of rotatable bonds is 2. The Bertz CT molecular complexity index is 337. The molecule has 0 amide bonds. The van der Waals surface area contributed by atoms with Gasteiger partial charge in [0.1, 0.15) is 5.54 Å². The van der Waals surface area contributed by atoms with Crippen LogP contribution in [0.1, 0.15) is 44.9 Å². The highest BCUT2D eigenvalue weighted by atomic mass is 32.2. The molecule has 0 aromatic heterocycles. The molecule has 5 nitrogen and oxygen atoms in total. The molecule has 0 aromatic rings. The van der Waals surface area contributed by atoms with Crippen LogP contribution in [0.3, 0.4) is 0 Å². The quantitative estimate of drug-likeness (QED) is 0.735. The molecule has 15 heavy (non-hydrogen) atoms. The monoisotopic (exact) mass is 231 g/mol. The van der Waals surface area contributed by atoms with Crippen LogP contribution < -0.4 is 9.86 Å². The van der Waals surface area contributed by atoms with Gasteiger partial charge >= 0.3 is 0 Å². The van der Waals surface area contributed by atoms with Crippen molar-refractivity contribution in [2.24, 2.45) is 5.14 Å². The van der Waals surface area contributed by atoms with Crippen LogP contribution in [-0.2, 0) is 10.2 Å². The minimum Gasteiger partial charge on any atom is -0.216 e. The van der Waals surface area contributed by atoms with Gasteiger partial charge in [0.25, 0.3) is 10.2 Å². The Morgan fingerprint density at radius 3 is 2.00 bits per heavy atom. The first-order valence-corrected chi connectivity index (χ1v) is 6.75. The van der Waals surface area contributed by atoms with Crippen molar-refractivity contribution < 1.29 is 8.42 Å². The van der Waals surface area contributed by atoms with E-state index in [1.807, 2.05) is 0 Å². The number of nitrogens with zero attached hydrogens (tertiary/aromatic N) is 1. The molecular weight excluding hydrogens is 214 g/mol. The van der Waals surface area contributed by atoms with E-state index in [0.29, 0.717) is 12.8 Å². The van der Waals surface area contributed by atoms with E-state index >= 15 is 0 Å². The van der Waals surface area contributed by atoms with Gasteiger partial charge in [0.05, 0.1) is 6.07 Å². The molecule has 0 bridgehead atoms. The molecule has 1 aliphatic carbocycles. The predicted octanol–water partition coefficient (Wildman–Crippen LogP) is 0.786. The summed E-state index contributed by atoms with van der Waals surface area (Å²) in [6, 6.07) is 2.07. The van der Waals surface area contributed by atoms with Crippen molar-refractivity contribution in [1.82, 2.24) is 4.72 Å². The maximum Gasteiger partial charge on any atom is 0.275 e. The molecule has 0 saturated heterocycles. The highest BCUT2D eigenvalue weighted by Crippen LogP contribution is 2.26. The number of nitriles is 1. The highest BCUT2D eigenvalue weighted by Gasteiger charge is 2.33. The molecule has 0 radical (unpaired) electrons. The van der Waals surface area contributed by atoms with Crippen LogP contribution in [0.4, 0.5) is 0 Å². The fourth-order valence-corrected chi connectivity index (χ4v) is 2.81. The highest BCUT2D eigenvalue weighted by molar-refractivity contribution is 7.87. The summed E-state index contributed by atoms with van der Waals surface area (Å²) in [6.45, 7) is 0. The molecule has 1 fully saturated rings. The molecule has 6 heteroatoms. The van der Waals surface area contributed by atoms with Crippen LogP contribution in [0.15, 0.2) is 0 Å². The zero-order chi connectivity index (χ0) is 11.4. The van der Waals surface area contributed by atoms with Crippen molar-refractivity contribution in [3.8, 4) is 6.07 Å². The Kier molecular flexibility index (Phi) is 4.08. The first kappa shape index (κ1) is 12.4. The molecular formula is C9H17N3O2S. The summed E-state index contributed by atoms with van der Waals surface area (Å²) in [5.74, 6) is 0. The lowest BCUT2D eigenvalue weighted by Gasteiger charge is -2.28. The third-order valence-corrected chi connectivity index (χ3v) is 3.43. The summed E-state index contributed by atoms with van der Waals surface area (Å²) >= 11 is 0. The van der Waals surface area contributed by atoms with Crippen LogP contribution >= 0.6 is 0 Å². The van der Waals surface area contributed by atoms with Gasteiger partial charge in [0.15, 0.2) is 0 Å². The Morgan fingerprint density at radius 1 is 1.13 bits per heavy atom. The predicted molar refractivity (Wildman–Crippen MR) is 56.9 cm³/mol. The van der Waals surface area contributed by atoms with Gasteiger partial charge in [-0.2, -0.15) is 18.4 Å². The Balaban J connectivity index is 2.76. The van der Waals surface area contributed by atoms with E-state index in [4.69, 9.17) is 10.4 Å². The van der Waals surface area contributed by atoms with Gasteiger partial charge in [-0.25, -0.2) is 5.14 Å². The third kappa shape index (κ3) is 4.16. The van der Waals surface area contributed by atoms with Gasteiger partial charge in [-0.1, -0.05) is 32.1 Å². The smallest absolute Gasteiger partial charge is 0.216 e. The molecule has 0 aliphatic heterocycles. The second-order valence-corrected chi connectivity index (χ2v) is 5.40. The molecule has 3 N–H and O–H groups in total. The Hall–Kier alpha value is -0.640. The topological polar surface area (TPSA) is 96.0 Å². The minimum absolute atomic E-state index is 0.555. The molecule has 1 aliphatic rings. The maximum atomic E-state index is 11.0. The first-order valence-electron chi connectivity index (χ1n) is 5.20. The van der Waals surface area contributed by atoms with Gasteiger partial charge in [0.2, 0.25) is 0 Å². The van der Waals surface area contributed by atoms with Gasteiger partial charge in [-0.15, -0.1) is 0 Å². The van der Waals surface area contributed by atoms with Crippen LogP contribution in [0, 0.1) is 11.3 Å². The summed E-state index contributed by atoms with van der Waals surface area (Å²) in [4.78, 5) is 0. The standard InChI is InChI=1S/C9H17N3O2S/c10-8-9(12-15(11,13)14)6-4-2-1-3-5-7-9/h12H,1-7H2,(H2,11,13,14). The van der Waals surface area contributed by atoms with Crippen molar-refractivity contribution in [2.75, 3.05) is 0 Å². The van der Waals surface area contributed by atoms with Crippen LogP contribution in [0.25, 0.3) is 0 Å². The maximum absolute atomic E-state index is 11.0. The molecule has 0 atom stereocenters. The molecule has 0 aromatic carbocycles. The van der Waals surface area contributed by atoms with Crippen molar-refractivity contribution in [1.29, 1.82) is 5.26 Å². The fraction of sp³-hybridized carbons (Fsp3) is 0.889. The second kappa shape index (κ2) is 4.92.